The van der Waals surface area contributed by atoms with Crippen molar-refractivity contribution in [3.8, 4) is 5.75 Å². The van der Waals surface area contributed by atoms with Gasteiger partial charge in [-0.05, 0) is 53.5 Å². The molecular weight excluding hydrogens is 428 g/mol. The van der Waals surface area contributed by atoms with E-state index in [0.717, 1.165) is 48.6 Å². The monoisotopic (exact) mass is 458 g/mol. The molecule has 1 amide bonds. The van der Waals surface area contributed by atoms with Crippen LogP contribution in [0.15, 0.2) is 71.6 Å². The van der Waals surface area contributed by atoms with Crippen LogP contribution in [0.3, 0.4) is 0 Å². The Balaban J connectivity index is 1.31. The molecule has 0 saturated carbocycles. The Morgan fingerprint density at radius 3 is 2.67 bits per heavy atom. The van der Waals surface area contributed by atoms with Crippen molar-refractivity contribution in [1.29, 1.82) is 0 Å². The van der Waals surface area contributed by atoms with Gasteiger partial charge in [0.2, 0.25) is 0 Å². The van der Waals surface area contributed by atoms with Gasteiger partial charge in [-0.15, -0.1) is 11.8 Å². The highest BCUT2D eigenvalue weighted by Crippen LogP contribution is 2.34. The summed E-state index contributed by atoms with van der Waals surface area (Å²) in [4.78, 5) is 16.9. The Morgan fingerprint density at radius 2 is 1.85 bits per heavy atom. The molecule has 0 bridgehead atoms. The van der Waals surface area contributed by atoms with Crippen LogP contribution in [0.2, 0.25) is 0 Å². The molecule has 2 aliphatic heterocycles. The lowest BCUT2D eigenvalue weighted by molar-refractivity contribution is 0.0922. The van der Waals surface area contributed by atoms with E-state index in [1.54, 1.807) is 11.8 Å². The van der Waals surface area contributed by atoms with Crippen molar-refractivity contribution < 1.29 is 9.53 Å². The molecule has 1 N–H and O–H groups in total. The summed E-state index contributed by atoms with van der Waals surface area (Å²) in [5.41, 5.74) is 5.94. The summed E-state index contributed by atoms with van der Waals surface area (Å²) in [6.45, 7) is 3.17. The maximum atomic E-state index is 13.2. The molecule has 0 spiro atoms. The quantitative estimate of drug-likeness (QED) is 0.519. The second-order valence-corrected chi connectivity index (χ2v) is 9.68. The van der Waals surface area contributed by atoms with Gasteiger partial charge in [-0.1, -0.05) is 54.6 Å². The fraction of sp³-hybridized carbons (Fsp3) is 0.321. The van der Waals surface area contributed by atoms with Crippen LogP contribution in [0.25, 0.3) is 0 Å². The van der Waals surface area contributed by atoms with Gasteiger partial charge in [0.05, 0.1) is 12.2 Å². The Morgan fingerprint density at radius 1 is 1.06 bits per heavy atom. The van der Waals surface area contributed by atoms with Gasteiger partial charge in [0.15, 0.2) is 0 Å². The van der Waals surface area contributed by atoms with E-state index in [1.165, 1.54) is 16.7 Å². The summed E-state index contributed by atoms with van der Waals surface area (Å²) in [6.07, 6.45) is 4.87. The molecule has 0 radical (unpaired) electrons. The van der Waals surface area contributed by atoms with Gasteiger partial charge in [-0.3, -0.25) is 9.69 Å². The first-order valence-electron chi connectivity index (χ1n) is 11.7. The Bertz CT molecular complexity index is 1130. The second-order valence-electron chi connectivity index (χ2n) is 8.80. The molecule has 0 aliphatic carbocycles. The lowest BCUT2D eigenvalue weighted by Crippen LogP contribution is -2.48. The zero-order valence-corrected chi connectivity index (χ0v) is 19.9. The fourth-order valence-electron chi connectivity index (χ4n) is 4.89. The third-order valence-corrected chi connectivity index (χ3v) is 7.44. The van der Waals surface area contributed by atoms with E-state index in [1.807, 2.05) is 12.3 Å². The number of ether oxygens (including phenoxy) is 1. The number of rotatable bonds is 7. The topological polar surface area (TPSA) is 41.6 Å². The molecule has 5 rings (SSSR count). The van der Waals surface area contributed by atoms with Crippen molar-refractivity contribution in [3.63, 3.8) is 0 Å². The standard InChI is InChI=1S/C28H30N2O2S/c1-33-25-16-22-12-14-32-27(22)26(17-25)28(31)29-18-24-15-21-9-5-6-10-23(21)19-30(24)13-11-20-7-3-2-4-8-20/h2-10,16-17,24H,11-15,18-19H2,1H3,(H,29,31)/t24-/m1/s1. The zero-order valence-electron chi connectivity index (χ0n) is 19.0. The highest BCUT2D eigenvalue weighted by atomic mass is 32.2. The molecule has 1 atom stereocenters. The molecule has 2 heterocycles. The number of benzene rings is 3. The van der Waals surface area contributed by atoms with E-state index in [-0.39, 0.29) is 11.9 Å². The first kappa shape index (κ1) is 22.1. The maximum Gasteiger partial charge on any atom is 0.255 e. The van der Waals surface area contributed by atoms with Gasteiger partial charge in [-0.2, -0.15) is 0 Å². The average molecular weight is 459 g/mol. The number of fused-ring (bicyclic) bond motifs is 2. The molecule has 2 aliphatic rings. The lowest BCUT2D eigenvalue weighted by atomic mass is 9.93. The summed E-state index contributed by atoms with van der Waals surface area (Å²) in [7, 11) is 0. The van der Waals surface area contributed by atoms with Crippen molar-refractivity contribution in [2.75, 3.05) is 26.0 Å². The number of thioether (sulfide) groups is 1. The van der Waals surface area contributed by atoms with Crippen LogP contribution >= 0.6 is 11.8 Å². The fourth-order valence-corrected chi connectivity index (χ4v) is 5.39. The summed E-state index contributed by atoms with van der Waals surface area (Å²) in [5, 5.41) is 3.24. The predicted octanol–water partition coefficient (Wildman–Crippen LogP) is 4.74. The summed E-state index contributed by atoms with van der Waals surface area (Å²) < 4.78 is 5.82. The molecule has 170 valence electrons. The molecule has 3 aromatic carbocycles. The SMILES string of the molecule is CSc1cc2c(c(C(=O)NC[C@H]3Cc4ccccc4CN3CCc3ccccc3)c1)OCC2. The van der Waals surface area contributed by atoms with Crippen LogP contribution in [0.4, 0.5) is 0 Å². The highest BCUT2D eigenvalue weighted by Gasteiger charge is 2.27. The van der Waals surface area contributed by atoms with E-state index in [0.29, 0.717) is 18.7 Å². The van der Waals surface area contributed by atoms with Gasteiger partial charge in [0.25, 0.3) is 5.91 Å². The van der Waals surface area contributed by atoms with Crippen LogP contribution < -0.4 is 10.1 Å². The smallest absolute Gasteiger partial charge is 0.255 e. The minimum atomic E-state index is -0.0362. The second kappa shape index (κ2) is 10.0. The number of hydrogen-bond donors (Lipinski definition) is 1. The third-order valence-electron chi connectivity index (χ3n) is 6.73. The van der Waals surface area contributed by atoms with Crippen molar-refractivity contribution in [2.24, 2.45) is 0 Å². The van der Waals surface area contributed by atoms with Crippen molar-refractivity contribution >= 4 is 17.7 Å². The molecule has 3 aromatic rings. The van der Waals surface area contributed by atoms with Crippen LogP contribution in [-0.4, -0.2) is 42.8 Å². The van der Waals surface area contributed by atoms with E-state index >= 15 is 0 Å². The lowest BCUT2D eigenvalue weighted by Gasteiger charge is -2.37. The van der Waals surface area contributed by atoms with Crippen molar-refractivity contribution in [2.45, 2.75) is 36.7 Å². The van der Waals surface area contributed by atoms with Crippen LogP contribution in [0.5, 0.6) is 5.75 Å². The summed E-state index contributed by atoms with van der Waals surface area (Å²) in [5.74, 6) is 0.728. The van der Waals surface area contributed by atoms with Gasteiger partial charge in [0.1, 0.15) is 5.75 Å². The Kier molecular flexibility index (Phi) is 6.70. The molecule has 5 heteroatoms. The van der Waals surface area contributed by atoms with Crippen LogP contribution in [0.1, 0.15) is 32.6 Å². The Labute approximate surface area is 200 Å². The van der Waals surface area contributed by atoms with Crippen LogP contribution in [-0.2, 0) is 25.8 Å². The molecule has 0 saturated heterocycles. The third kappa shape index (κ3) is 4.94. The van der Waals surface area contributed by atoms with Gasteiger partial charge >= 0.3 is 0 Å². The number of carbonyl (C=O) groups excluding carboxylic acids is 1. The van der Waals surface area contributed by atoms with Gasteiger partial charge in [0, 0.05) is 37.0 Å². The molecule has 0 unspecified atom stereocenters. The van der Waals surface area contributed by atoms with E-state index in [4.69, 9.17) is 4.74 Å². The van der Waals surface area contributed by atoms with Crippen molar-refractivity contribution in [3.05, 3.63) is 94.5 Å². The Hall–Kier alpha value is -2.76. The number of amides is 1. The molecule has 0 aromatic heterocycles. The molecule has 4 nitrogen and oxygen atoms in total. The number of nitrogens with one attached hydrogen (secondary N) is 1. The maximum absolute atomic E-state index is 13.2. The number of nitrogens with zero attached hydrogens (tertiary/aromatic N) is 1. The first-order chi connectivity index (χ1) is 16.2. The van der Waals surface area contributed by atoms with E-state index in [2.05, 4.69) is 70.9 Å². The first-order valence-corrected chi connectivity index (χ1v) is 12.9. The minimum Gasteiger partial charge on any atom is -0.492 e. The van der Waals surface area contributed by atoms with Gasteiger partial charge < -0.3 is 10.1 Å². The zero-order chi connectivity index (χ0) is 22.6. The molecule has 0 fully saturated rings. The number of hydrogen-bond acceptors (Lipinski definition) is 4. The molecule has 33 heavy (non-hydrogen) atoms. The number of carbonyl (C=O) groups is 1. The largest absolute Gasteiger partial charge is 0.492 e. The highest BCUT2D eigenvalue weighted by molar-refractivity contribution is 7.98. The summed E-state index contributed by atoms with van der Waals surface area (Å²) in [6, 6.07) is 23.7. The normalized spacial score (nSPS) is 17.2. The minimum absolute atomic E-state index is 0.0362. The summed E-state index contributed by atoms with van der Waals surface area (Å²) >= 11 is 1.67. The van der Waals surface area contributed by atoms with Gasteiger partial charge in [-0.25, -0.2) is 0 Å². The average Bonchev–Trinajstić information content (AvgIpc) is 3.34. The van der Waals surface area contributed by atoms with E-state index < -0.39 is 0 Å². The molecular formula is C28H30N2O2S. The predicted molar refractivity (Wildman–Crippen MR) is 134 cm³/mol. The van der Waals surface area contributed by atoms with E-state index in [9.17, 15) is 4.79 Å². The van der Waals surface area contributed by atoms with Crippen LogP contribution in [0, 0.1) is 0 Å². The van der Waals surface area contributed by atoms with Crippen molar-refractivity contribution in [1.82, 2.24) is 10.2 Å².